The summed E-state index contributed by atoms with van der Waals surface area (Å²) in [7, 11) is 0. The molecule has 0 unspecified atom stereocenters. The molecule has 0 spiro atoms. The van der Waals surface area contributed by atoms with E-state index in [2.05, 4.69) is 47.2 Å². The van der Waals surface area contributed by atoms with Gasteiger partial charge in [0.05, 0.1) is 5.52 Å². The molecule has 2 heterocycles. The summed E-state index contributed by atoms with van der Waals surface area (Å²) < 4.78 is 0. The average molecular weight is 356 g/mol. The first-order valence-corrected chi connectivity index (χ1v) is 10.4. The van der Waals surface area contributed by atoms with Gasteiger partial charge in [-0.15, -0.1) is 11.8 Å². The smallest absolute Gasteiger partial charge is 0.225 e. The van der Waals surface area contributed by atoms with Crippen LogP contribution in [0.4, 0.5) is 5.82 Å². The van der Waals surface area contributed by atoms with Crippen molar-refractivity contribution in [2.24, 2.45) is 5.92 Å². The fourth-order valence-corrected chi connectivity index (χ4v) is 4.04. The second kappa shape index (κ2) is 6.87. The first-order valence-electron chi connectivity index (χ1n) is 9.15. The van der Waals surface area contributed by atoms with Crippen LogP contribution >= 0.6 is 11.8 Å². The highest BCUT2D eigenvalue weighted by atomic mass is 32.2. The van der Waals surface area contributed by atoms with E-state index in [1.54, 1.807) is 11.8 Å². The van der Waals surface area contributed by atoms with Crippen LogP contribution in [0.1, 0.15) is 24.8 Å². The van der Waals surface area contributed by atoms with Crippen molar-refractivity contribution in [3.05, 3.63) is 29.8 Å². The molecule has 0 atom stereocenters. The van der Waals surface area contributed by atoms with Crippen LogP contribution < -0.4 is 4.90 Å². The Hall–Kier alpha value is -1.75. The van der Waals surface area contributed by atoms with Gasteiger partial charge in [0.25, 0.3) is 0 Å². The molecular weight excluding hydrogens is 330 g/mol. The van der Waals surface area contributed by atoms with Gasteiger partial charge in [0, 0.05) is 42.4 Å². The zero-order valence-corrected chi connectivity index (χ0v) is 15.8. The molecule has 2 fully saturated rings. The highest BCUT2D eigenvalue weighted by Gasteiger charge is 2.34. The number of carbonyl (C=O) groups excluding carboxylic acids is 1. The Morgan fingerprint density at radius 3 is 2.76 bits per heavy atom. The van der Waals surface area contributed by atoms with E-state index in [9.17, 15) is 4.79 Å². The summed E-state index contributed by atoms with van der Waals surface area (Å²) >= 11 is 1.76. The summed E-state index contributed by atoms with van der Waals surface area (Å²) in [5.41, 5.74) is 2.33. The van der Waals surface area contributed by atoms with Crippen LogP contribution in [0.5, 0.6) is 0 Å². The molecule has 1 aromatic heterocycles. The molecule has 2 aromatic rings. The van der Waals surface area contributed by atoms with Crippen molar-refractivity contribution in [1.29, 1.82) is 0 Å². The molecular formula is C20H25N3OS. The third kappa shape index (κ3) is 3.47. The third-order valence-corrected chi connectivity index (χ3v) is 5.99. The van der Waals surface area contributed by atoms with Gasteiger partial charge in [0.15, 0.2) is 0 Å². The molecule has 2 aliphatic rings. The van der Waals surface area contributed by atoms with Crippen molar-refractivity contribution < 1.29 is 4.79 Å². The molecule has 1 saturated carbocycles. The van der Waals surface area contributed by atoms with E-state index in [1.807, 2.05) is 0 Å². The van der Waals surface area contributed by atoms with Gasteiger partial charge >= 0.3 is 0 Å². The number of aromatic nitrogens is 1. The molecule has 4 rings (SSSR count). The number of anilines is 1. The Kier molecular flexibility index (Phi) is 4.59. The molecule has 1 amide bonds. The van der Waals surface area contributed by atoms with Crippen LogP contribution in [0.25, 0.3) is 10.9 Å². The molecule has 4 nitrogen and oxygen atoms in total. The summed E-state index contributed by atoms with van der Waals surface area (Å²) in [6, 6.07) is 8.69. The maximum atomic E-state index is 12.3. The SMILES string of the molecule is CSc1ccc2nc(N3CCCN(C(=O)C4CC4)CC3)cc(C)c2c1. The molecule has 0 bridgehead atoms. The summed E-state index contributed by atoms with van der Waals surface area (Å²) in [6.07, 6.45) is 5.29. The van der Waals surface area contributed by atoms with Crippen LogP contribution in [0.15, 0.2) is 29.2 Å². The maximum absolute atomic E-state index is 12.3. The van der Waals surface area contributed by atoms with Gasteiger partial charge in [-0.05, 0) is 62.3 Å². The van der Waals surface area contributed by atoms with Crippen LogP contribution in [0, 0.1) is 12.8 Å². The average Bonchev–Trinajstić information content (AvgIpc) is 3.47. The number of rotatable bonds is 3. The van der Waals surface area contributed by atoms with Gasteiger partial charge in [-0.1, -0.05) is 0 Å². The van der Waals surface area contributed by atoms with Gasteiger partial charge in [-0.3, -0.25) is 4.79 Å². The van der Waals surface area contributed by atoms with E-state index in [-0.39, 0.29) is 0 Å². The minimum absolute atomic E-state index is 0.318. The normalized spacial score (nSPS) is 18.5. The highest BCUT2D eigenvalue weighted by Crippen LogP contribution is 2.32. The lowest BCUT2D eigenvalue weighted by Gasteiger charge is -2.23. The van der Waals surface area contributed by atoms with E-state index in [0.717, 1.165) is 56.8 Å². The maximum Gasteiger partial charge on any atom is 0.225 e. The van der Waals surface area contributed by atoms with Crippen molar-refractivity contribution in [3.8, 4) is 0 Å². The van der Waals surface area contributed by atoms with E-state index < -0.39 is 0 Å². The quantitative estimate of drug-likeness (QED) is 0.787. The zero-order chi connectivity index (χ0) is 17.4. The molecule has 132 valence electrons. The molecule has 1 saturated heterocycles. The minimum Gasteiger partial charge on any atom is -0.355 e. The molecule has 0 radical (unpaired) electrons. The second-order valence-electron chi connectivity index (χ2n) is 7.12. The van der Waals surface area contributed by atoms with Crippen LogP contribution in [0.3, 0.4) is 0 Å². The van der Waals surface area contributed by atoms with Crippen LogP contribution in [0.2, 0.25) is 0 Å². The lowest BCUT2D eigenvalue weighted by atomic mass is 10.1. The Morgan fingerprint density at radius 1 is 1.16 bits per heavy atom. The lowest BCUT2D eigenvalue weighted by Crippen LogP contribution is -2.36. The number of hydrogen-bond donors (Lipinski definition) is 0. The predicted molar refractivity (Wildman–Crippen MR) is 104 cm³/mol. The molecule has 0 N–H and O–H groups in total. The summed E-state index contributed by atoms with van der Waals surface area (Å²) in [6.45, 7) is 5.71. The van der Waals surface area contributed by atoms with E-state index in [1.165, 1.54) is 15.8 Å². The number of pyridine rings is 1. The number of benzene rings is 1. The van der Waals surface area contributed by atoms with E-state index in [0.29, 0.717) is 11.8 Å². The van der Waals surface area contributed by atoms with Gasteiger partial charge in [-0.25, -0.2) is 4.98 Å². The Bertz CT molecular complexity index is 803. The molecule has 25 heavy (non-hydrogen) atoms. The Balaban J connectivity index is 1.55. The number of aryl methyl sites for hydroxylation is 1. The number of amides is 1. The first kappa shape index (κ1) is 16.7. The summed E-state index contributed by atoms with van der Waals surface area (Å²) in [5, 5.41) is 1.23. The Morgan fingerprint density at radius 2 is 2.00 bits per heavy atom. The highest BCUT2D eigenvalue weighted by molar-refractivity contribution is 7.98. The van der Waals surface area contributed by atoms with Gasteiger partial charge in [0.2, 0.25) is 5.91 Å². The van der Waals surface area contributed by atoms with Crippen molar-refractivity contribution in [3.63, 3.8) is 0 Å². The fraction of sp³-hybridized carbons (Fsp3) is 0.500. The van der Waals surface area contributed by atoms with Crippen LogP contribution in [-0.2, 0) is 4.79 Å². The topological polar surface area (TPSA) is 36.4 Å². The van der Waals surface area contributed by atoms with E-state index in [4.69, 9.17) is 4.98 Å². The van der Waals surface area contributed by atoms with Crippen LogP contribution in [-0.4, -0.2) is 48.2 Å². The number of fused-ring (bicyclic) bond motifs is 1. The number of carbonyl (C=O) groups is 1. The molecule has 1 aliphatic heterocycles. The fourth-order valence-electron chi connectivity index (χ4n) is 3.60. The monoisotopic (exact) mass is 355 g/mol. The van der Waals surface area contributed by atoms with Gasteiger partial charge in [-0.2, -0.15) is 0 Å². The summed E-state index contributed by atoms with van der Waals surface area (Å²) in [5.74, 6) is 1.73. The molecule has 1 aromatic carbocycles. The second-order valence-corrected chi connectivity index (χ2v) is 8.00. The standard InChI is InChI=1S/C20H25N3OS/c1-14-12-19(21-18-7-6-16(25-2)13-17(14)18)22-8-3-9-23(11-10-22)20(24)15-4-5-15/h6-7,12-13,15H,3-5,8-11H2,1-2H3. The number of nitrogens with zero attached hydrogens (tertiary/aromatic N) is 3. The van der Waals surface area contributed by atoms with Crippen molar-refractivity contribution in [2.75, 3.05) is 37.3 Å². The molecule has 1 aliphatic carbocycles. The zero-order valence-electron chi connectivity index (χ0n) is 15.0. The lowest BCUT2D eigenvalue weighted by molar-refractivity contribution is -0.132. The first-order chi connectivity index (χ1) is 12.2. The minimum atomic E-state index is 0.318. The Labute approximate surface area is 153 Å². The summed E-state index contributed by atoms with van der Waals surface area (Å²) in [4.78, 5) is 22.9. The molecule has 5 heteroatoms. The van der Waals surface area contributed by atoms with Crippen molar-refractivity contribution in [2.45, 2.75) is 31.1 Å². The number of hydrogen-bond acceptors (Lipinski definition) is 4. The van der Waals surface area contributed by atoms with Gasteiger partial charge in [0.1, 0.15) is 5.82 Å². The largest absolute Gasteiger partial charge is 0.355 e. The number of thioether (sulfide) groups is 1. The third-order valence-electron chi connectivity index (χ3n) is 5.27. The van der Waals surface area contributed by atoms with Crippen molar-refractivity contribution in [1.82, 2.24) is 9.88 Å². The van der Waals surface area contributed by atoms with E-state index >= 15 is 0 Å². The predicted octanol–water partition coefficient (Wildman–Crippen LogP) is 3.71. The van der Waals surface area contributed by atoms with Gasteiger partial charge < -0.3 is 9.80 Å². The van der Waals surface area contributed by atoms with Crippen molar-refractivity contribution >= 4 is 34.4 Å².